The first kappa shape index (κ1) is 14.9. The van der Waals surface area contributed by atoms with E-state index in [0.717, 1.165) is 6.42 Å². The molecule has 0 amide bonds. The van der Waals surface area contributed by atoms with Crippen molar-refractivity contribution in [1.82, 2.24) is 4.98 Å². The van der Waals surface area contributed by atoms with E-state index < -0.39 is 4.92 Å². The third kappa shape index (κ3) is 3.77. The second kappa shape index (κ2) is 6.33. The predicted molar refractivity (Wildman–Crippen MR) is 81.5 cm³/mol. The smallest absolute Gasteiger partial charge is 0.305 e. The minimum Gasteiger partial charge on any atom is -0.367 e. The first-order valence-electron chi connectivity index (χ1n) is 6.37. The predicted octanol–water partition coefficient (Wildman–Crippen LogP) is 3.27. The van der Waals surface area contributed by atoms with Gasteiger partial charge in [-0.1, -0.05) is 0 Å². The molecule has 7 heteroatoms. The molecular formula is C14H14N4O2S. The van der Waals surface area contributed by atoms with Crippen LogP contribution in [0, 0.1) is 28.4 Å². The largest absolute Gasteiger partial charge is 0.367 e. The number of aromatic nitrogens is 1. The van der Waals surface area contributed by atoms with Gasteiger partial charge in [0.1, 0.15) is 11.9 Å². The highest BCUT2D eigenvalue weighted by molar-refractivity contribution is 7.11. The molecule has 2 aromatic rings. The standard InChI is InChI=1S/C14H14N4O2S/c1-9(7-11-4-3-10(2)21-11)16-14-6-5-13(18(19)20)12(8-15)17-14/h3-6,9H,7H2,1-2H3,(H,16,17). The van der Waals surface area contributed by atoms with Gasteiger partial charge < -0.3 is 5.32 Å². The Morgan fingerprint density at radius 1 is 1.48 bits per heavy atom. The molecule has 6 nitrogen and oxygen atoms in total. The molecule has 2 rings (SSSR count). The molecule has 1 N–H and O–H groups in total. The Kier molecular flexibility index (Phi) is 4.50. The SMILES string of the molecule is Cc1ccc(CC(C)Nc2ccc([N+](=O)[O-])c(C#N)n2)s1. The van der Waals surface area contributed by atoms with Gasteiger partial charge in [-0.05, 0) is 32.0 Å². The molecule has 0 spiro atoms. The Morgan fingerprint density at radius 3 is 2.81 bits per heavy atom. The van der Waals surface area contributed by atoms with E-state index in [2.05, 4.69) is 29.4 Å². The molecule has 2 aromatic heterocycles. The van der Waals surface area contributed by atoms with Gasteiger partial charge in [0.25, 0.3) is 0 Å². The van der Waals surface area contributed by atoms with Gasteiger partial charge in [-0.3, -0.25) is 10.1 Å². The van der Waals surface area contributed by atoms with Gasteiger partial charge in [0, 0.05) is 28.3 Å². The Bertz CT molecular complexity index is 705. The number of rotatable bonds is 5. The van der Waals surface area contributed by atoms with Gasteiger partial charge in [-0.2, -0.15) is 5.26 Å². The maximum Gasteiger partial charge on any atom is 0.305 e. The summed E-state index contributed by atoms with van der Waals surface area (Å²) in [5.74, 6) is 0.470. The zero-order valence-electron chi connectivity index (χ0n) is 11.7. The topological polar surface area (TPSA) is 91.9 Å². The number of hydrogen-bond donors (Lipinski definition) is 1. The number of hydrogen-bond acceptors (Lipinski definition) is 6. The number of anilines is 1. The highest BCUT2D eigenvalue weighted by Crippen LogP contribution is 2.20. The number of nitrogens with zero attached hydrogens (tertiary/aromatic N) is 3. The van der Waals surface area contributed by atoms with Gasteiger partial charge in [-0.25, -0.2) is 4.98 Å². The Balaban J connectivity index is 2.09. The van der Waals surface area contributed by atoms with Crippen LogP contribution in [-0.2, 0) is 6.42 Å². The van der Waals surface area contributed by atoms with Crippen LogP contribution >= 0.6 is 11.3 Å². The van der Waals surface area contributed by atoms with Crippen LogP contribution in [0.4, 0.5) is 11.5 Å². The molecule has 0 aliphatic carbocycles. The van der Waals surface area contributed by atoms with Crippen molar-refractivity contribution in [3.63, 3.8) is 0 Å². The molecule has 2 heterocycles. The van der Waals surface area contributed by atoms with Crippen molar-refractivity contribution in [3.05, 3.63) is 49.8 Å². The lowest BCUT2D eigenvalue weighted by Crippen LogP contribution is -2.18. The lowest BCUT2D eigenvalue weighted by Gasteiger charge is -2.13. The van der Waals surface area contributed by atoms with E-state index in [-0.39, 0.29) is 17.4 Å². The zero-order valence-corrected chi connectivity index (χ0v) is 12.5. The lowest BCUT2D eigenvalue weighted by molar-refractivity contribution is -0.385. The quantitative estimate of drug-likeness (QED) is 0.676. The van der Waals surface area contributed by atoms with Gasteiger partial charge >= 0.3 is 5.69 Å². The van der Waals surface area contributed by atoms with Gasteiger partial charge in [0.15, 0.2) is 0 Å². The summed E-state index contributed by atoms with van der Waals surface area (Å²) in [6.07, 6.45) is 0.832. The Labute approximate surface area is 126 Å². The van der Waals surface area contributed by atoms with Crippen LogP contribution < -0.4 is 5.32 Å². The van der Waals surface area contributed by atoms with E-state index in [1.807, 2.05) is 6.92 Å². The number of aryl methyl sites for hydroxylation is 1. The fourth-order valence-electron chi connectivity index (χ4n) is 1.96. The minimum atomic E-state index is -0.604. The van der Waals surface area contributed by atoms with Crippen LogP contribution in [0.5, 0.6) is 0 Å². The summed E-state index contributed by atoms with van der Waals surface area (Å²) in [5.41, 5.74) is -0.450. The summed E-state index contributed by atoms with van der Waals surface area (Å²) in [4.78, 5) is 16.7. The third-order valence-electron chi connectivity index (χ3n) is 2.87. The average molecular weight is 302 g/mol. The van der Waals surface area contributed by atoms with Gasteiger partial charge in [0.05, 0.1) is 4.92 Å². The highest BCUT2D eigenvalue weighted by atomic mass is 32.1. The van der Waals surface area contributed by atoms with Crippen molar-refractivity contribution >= 4 is 22.8 Å². The molecule has 1 unspecified atom stereocenters. The van der Waals surface area contributed by atoms with Gasteiger partial charge in [-0.15, -0.1) is 11.3 Å². The van der Waals surface area contributed by atoms with Crippen LogP contribution in [-0.4, -0.2) is 15.9 Å². The summed E-state index contributed by atoms with van der Waals surface area (Å²) >= 11 is 1.74. The first-order valence-corrected chi connectivity index (χ1v) is 7.18. The number of thiophene rings is 1. The van der Waals surface area contributed by atoms with Crippen molar-refractivity contribution in [2.75, 3.05) is 5.32 Å². The summed E-state index contributed by atoms with van der Waals surface area (Å²) in [6, 6.07) is 8.85. The average Bonchev–Trinajstić information content (AvgIpc) is 2.83. The fraction of sp³-hybridized carbons (Fsp3) is 0.286. The van der Waals surface area contributed by atoms with E-state index in [1.165, 1.54) is 21.9 Å². The van der Waals surface area contributed by atoms with Crippen molar-refractivity contribution in [2.24, 2.45) is 0 Å². The molecule has 0 aromatic carbocycles. The van der Waals surface area contributed by atoms with Crippen molar-refractivity contribution in [3.8, 4) is 6.07 Å². The normalized spacial score (nSPS) is 11.7. The molecule has 108 valence electrons. The molecule has 0 aliphatic rings. The van der Waals surface area contributed by atoms with Crippen LogP contribution in [0.1, 0.15) is 22.4 Å². The van der Waals surface area contributed by atoms with Crippen molar-refractivity contribution < 1.29 is 4.92 Å². The molecular weight excluding hydrogens is 288 g/mol. The molecule has 0 saturated carbocycles. The van der Waals surface area contributed by atoms with E-state index in [1.54, 1.807) is 17.4 Å². The monoisotopic (exact) mass is 302 g/mol. The maximum absolute atomic E-state index is 10.8. The summed E-state index contributed by atoms with van der Waals surface area (Å²) < 4.78 is 0. The number of nitriles is 1. The molecule has 0 saturated heterocycles. The minimum absolute atomic E-state index is 0.114. The number of nitro groups is 1. The Morgan fingerprint density at radius 2 is 2.24 bits per heavy atom. The highest BCUT2D eigenvalue weighted by Gasteiger charge is 2.16. The third-order valence-corrected chi connectivity index (χ3v) is 3.90. The summed E-state index contributed by atoms with van der Waals surface area (Å²) in [7, 11) is 0. The summed E-state index contributed by atoms with van der Waals surface area (Å²) in [6.45, 7) is 4.06. The van der Waals surface area contributed by atoms with Gasteiger partial charge in [0.2, 0.25) is 5.69 Å². The van der Waals surface area contributed by atoms with Crippen LogP contribution in [0.3, 0.4) is 0 Å². The molecule has 0 radical (unpaired) electrons. The molecule has 21 heavy (non-hydrogen) atoms. The fourth-order valence-corrected chi connectivity index (χ4v) is 2.98. The number of nitrogens with one attached hydrogen (secondary N) is 1. The zero-order chi connectivity index (χ0) is 15.4. The van der Waals surface area contributed by atoms with Crippen LogP contribution in [0.25, 0.3) is 0 Å². The Hall–Kier alpha value is -2.46. The molecule has 0 aliphatic heterocycles. The lowest BCUT2D eigenvalue weighted by atomic mass is 10.2. The molecule has 1 atom stereocenters. The second-order valence-electron chi connectivity index (χ2n) is 4.70. The first-order chi connectivity index (χ1) is 9.99. The van der Waals surface area contributed by atoms with Crippen molar-refractivity contribution in [1.29, 1.82) is 5.26 Å². The molecule has 0 fully saturated rings. The summed E-state index contributed by atoms with van der Waals surface area (Å²) in [5, 5.41) is 22.8. The van der Waals surface area contributed by atoms with Crippen LogP contribution in [0.15, 0.2) is 24.3 Å². The van der Waals surface area contributed by atoms with E-state index in [0.29, 0.717) is 5.82 Å². The van der Waals surface area contributed by atoms with E-state index >= 15 is 0 Å². The van der Waals surface area contributed by atoms with Crippen LogP contribution in [0.2, 0.25) is 0 Å². The number of pyridine rings is 1. The second-order valence-corrected chi connectivity index (χ2v) is 6.07. The van der Waals surface area contributed by atoms with E-state index in [9.17, 15) is 10.1 Å². The molecule has 0 bridgehead atoms. The maximum atomic E-state index is 10.8. The van der Waals surface area contributed by atoms with Crippen molar-refractivity contribution in [2.45, 2.75) is 26.3 Å². The van der Waals surface area contributed by atoms with E-state index in [4.69, 9.17) is 5.26 Å².